The largest absolute Gasteiger partial charge is 0.488 e. The molecule has 0 radical (unpaired) electrons. The van der Waals surface area contributed by atoms with Gasteiger partial charge in [-0.1, -0.05) is 25.0 Å². The third kappa shape index (κ3) is 21.0. The summed E-state index contributed by atoms with van der Waals surface area (Å²) in [4.78, 5) is 60.7. The van der Waals surface area contributed by atoms with Crippen molar-refractivity contribution in [2.75, 3.05) is 113 Å². The number of alkyl halides is 1. The number of nitrogens with zero attached hydrogens (tertiary/aromatic N) is 2. The minimum absolute atomic E-state index is 0.0540. The number of halogens is 1. The second kappa shape index (κ2) is 27.7. The summed E-state index contributed by atoms with van der Waals surface area (Å²) in [7, 11) is 0. The molecule has 18 nitrogen and oxygen atoms in total. The molecule has 306 valence electrons. The minimum Gasteiger partial charge on any atom is -0.488 e. The number of benzene rings is 2. The lowest BCUT2D eigenvalue weighted by Gasteiger charge is -2.25. The van der Waals surface area contributed by atoms with Gasteiger partial charge in [0.25, 0.3) is 0 Å². The van der Waals surface area contributed by atoms with E-state index in [-0.39, 0.29) is 61.6 Å². The van der Waals surface area contributed by atoms with Crippen LogP contribution < -0.4 is 24.6 Å². The lowest BCUT2D eigenvalue weighted by molar-refractivity contribution is -0.138. The van der Waals surface area contributed by atoms with E-state index in [0.29, 0.717) is 38.9 Å². The van der Waals surface area contributed by atoms with Gasteiger partial charge in [-0.25, -0.2) is 0 Å². The second-order valence-corrected chi connectivity index (χ2v) is 12.1. The number of aliphatic carboxylic acids is 4. The Morgan fingerprint density at radius 1 is 0.545 bits per heavy atom. The first-order valence-electron chi connectivity index (χ1n) is 17.5. The molecule has 0 aliphatic carbocycles. The van der Waals surface area contributed by atoms with Crippen molar-refractivity contribution < 1.29 is 72.8 Å². The van der Waals surface area contributed by atoms with Gasteiger partial charge in [0, 0.05) is 18.2 Å². The molecule has 0 atom stereocenters. The lowest BCUT2D eigenvalue weighted by atomic mass is 10.2. The topological polar surface area (TPSA) is 240 Å². The molecule has 55 heavy (non-hydrogen) atoms. The highest BCUT2D eigenvalue weighted by molar-refractivity contribution is 6.17. The maximum atomic E-state index is 12.6. The van der Waals surface area contributed by atoms with Crippen LogP contribution in [0, 0.1) is 0 Å². The van der Waals surface area contributed by atoms with Crippen molar-refractivity contribution in [2.24, 2.45) is 0 Å². The fourth-order valence-corrected chi connectivity index (χ4v) is 5.08. The van der Waals surface area contributed by atoms with Crippen LogP contribution >= 0.6 is 11.6 Å². The molecule has 0 heterocycles. The minimum atomic E-state index is -1.31. The highest BCUT2D eigenvalue weighted by Gasteiger charge is 2.21. The van der Waals surface area contributed by atoms with Crippen molar-refractivity contribution in [3.05, 3.63) is 42.5 Å². The van der Waals surface area contributed by atoms with E-state index in [9.17, 15) is 44.4 Å². The molecule has 0 unspecified atom stereocenters. The van der Waals surface area contributed by atoms with Crippen molar-refractivity contribution in [1.82, 2.24) is 0 Å². The molecule has 0 spiro atoms. The molecule has 0 saturated heterocycles. The number of carboxylic acid groups (broad SMARTS) is 4. The zero-order chi connectivity index (χ0) is 40.3. The zero-order valence-electron chi connectivity index (χ0n) is 30.5. The molecule has 0 aromatic heterocycles. The first-order chi connectivity index (χ1) is 26.5. The highest BCUT2D eigenvalue weighted by Crippen LogP contribution is 2.32. The summed E-state index contributed by atoms with van der Waals surface area (Å²) in [5.41, 5.74) is 0.488. The van der Waals surface area contributed by atoms with Crippen LogP contribution in [0.15, 0.2) is 42.5 Å². The molecular weight excluding hydrogens is 750 g/mol. The van der Waals surface area contributed by atoms with Gasteiger partial charge in [-0.3, -0.25) is 24.0 Å². The van der Waals surface area contributed by atoms with Crippen LogP contribution in [-0.2, 0) is 42.9 Å². The number of hydrogen-bond donors (Lipinski definition) is 5. The molecule has 0 saturated carbocycles. The first kappa shape index (κ1) is 46.3. The molecular formula is C36H50ClN3O15. The number of carbonyl (C=O) groups is 5. The zero-order valence-corrected chi connectivity index (χ0v) is 31.3. The number of hydrogen-bond acceptors (Lipinski definition) is 13. The van der Waals surface area contributed by atoms with Crippen molar-refractivity contribution in [1.29, 1.82) is 0 Å². The van der Waals surface area contributed by atoms with Gasteiger partial charge in [0.05, 0.1) is 51.0 Å². The Bertz CT molecular complexity index is 1450. The average molecular weight is 800 g/mol. The second-order valence-electron chi connectivity index (χ2n) is 11.7. The normalized spacial score (nSPS) is 10.8. The fourth-order valence-electron chi connectivity index (χ4n) is 4.89. The molecule has 2 rings (SSSR count). The van der Waals surface area contributed by atoms with Crippen molar-refractivity contribution in [3.8, 4) is 11.5 Å². The number of amides is 1. The van der Waals surface area contributed by atoms with Crippen LogP contribution in [0.3, 0.4) is 0 Å². The fraction of sp³-hybridized carbons (Fsp3) is 0.528. The van der Waals surface area contributed by atoms with Crippen molar-refractivity contribution in [3.63, 3.8) is 0 Å². The molecule has 0 fully saturated rings. The summed E-state index contributed by atoms with van der Waals surface area (Å²) in [5.74, 6) is -4.70. The Hall–Kier alpha value is -4.88. The van der Waals surface area contributed by atoms with Crippen molar-refractivity contribution in [2.45, 2.75) is 25.7 Å². The van der Waals surface area contributed by atoms with Crippen molar-refractivity contribution >= 4 is 58.4 Å². The average Bonchev–Trinajstić information content (AvgIpc) is 3.12. The van der Waals surface area contributed by atoms with Crippen LogP contribution in [-0.4, -0.2) is 148 Å². The highest BCUT2D eigenvalue weighted by atomic mass is 35.5. The third-order valence-electron chi connectivity index (χ3n) is 7.21. The maximum Gasteiger partial charge on any atom is 0.323 e. The monoisotopic (exact) mass is 799 g/mol. The molecule has 19 heteroatoms. The Kier molecular flexibility index (Phi) is 23.3. The summed E-state index contributed by atoms with van der Waals surface area (Å²) >= 11 is 5.65. The number of nitrogens with one attached hydrogen (secondary N) is 1. The molecule has 0 aliphatic heterocycles. The molecule has 2 aromatic rings. The predicted octanol–water partition coefficient (Wildman–Crippen LogP) is 2.90. The van der Waals surface area contributed by atoms with Gasteiger partial charge >= 0.3 is 23.9 Å². The van der Waals surface area contributed by atoms with Crippen LogP contribution in [0.5, 0.6) is 11.5 Å². The van der Waals surface area contributed by atoms with Gasteiger partial charge in [-0.2, -0.15) is 0 Å². The Balaban J connectivity index is 1.89. The van der Waals surface area contributed by atoms with E-state index < -0.39 is 56.0 Å². The first-order valence-corrected chi connectivity index (χ1v) is 18.1. The Morgan fingerprint density at radius 3 is 1.56 bits per heavy atom. The smallest absolute Gasteiger partial charge is 0.323 e. The molecule has 0 aliphatic rings. The third-order valence-corrected chi connectivity index (χ3v) is 7.48. The van der Waals surface area contributed by atoms with E-state index in [1.165, 1.54) is 30.3 Å². The van der Waals surface area contributed by atoms with Gasteiger partial charge in [0.1, 0.15) is 57.5 Å². The van der Waals surface area contributed by atoms with E-state index in [1.807, 2.05) is 0 Å². The Labute approximate surface area is 323 Å². The van der Waals surface area contributed by atoms with E-state index >= 15 is 0 Å². The van der Waals surface area contributed by atoms with Crippen LogP contribution in [0.1, 0.15) is 25.7 Å². The van der Waals surface area contributed by atoms with Crippen LogP contribution in [0.25, 0.3) is 0 Å². The summed E-state index contributed by atoms with van der Waals surface area (Å²) in [5, 5.41) is 40.1. The number of carbonyl (C=O) groups excluding carboxylic acids is 1. The standard InChI is InChI=1S/C36H50ClN3O15/c37-11-5-1-2-6-12-50-13-14-51-15-16-52-17-18-53-26-32(41)38-27-9-10-31(29(21-27)40(24-35(46)47)25-36(48)49)55-20-19-54-30-8-4-3-7-28(30)39(22-33(42)43)23-34(44)45/h3-4,7-10,21H,1-2,5-6,11-20,22-26H2,(H,38,41)(H,42,43)(H,44,45)(H,46,47)(H,48,49). The predicted molar refractivity (Wildman–Crippen MR) is 200 cm³/mol. The molecule has 1 amide bonds. The molecule has 2 aromatic carbocycles. The molecule has 5 N–H and O–H groups in total. The Morgan fingerprint density at radius 2 is 1.02 bits per heavy atom. The van der Waals surface area contributed by atoms with Gasteiger partial charge in [0.15, 0.2) is 0 Å². The quantitative estimate of drug-likeness (QED) is 0.0515. The summed E-state index contributed by atoms with van der Waals surface area (Å²) in [6.45, 7) is -0.462. The van der Waals surface area contributed by atoms with Gasteiger partial charge in [0.2, 0.25) is 5.91 Å². The number of carboxylic acids is 4. The van der Waals surface area contributed by atoms with E-state index in [4.69, 9.17) is 40.0 Å². The lowest BCUT2D eigenvalue weighted by Crippen LogP contribution is -2.35. The number of rotatable bonds is 33. The number of ether oxygens (including phenoxy) is 6. The number of para-hydroxylation sites is 2. The van der Waals surface area contributed by atoms with E-state index in [1.54, 1.807) is 12.1 Å². The van der Waals surface area contributed by atoms with Crippen LogP contribution in [0.4, 0.5) is 17.1 Å². The SMILES string of the molecule is O=C(O)CN(CC(=O)O)c1ccccc1OCCOc1ccc(NC(=O)COCCOCCOCCOCCCCCCCl)cc1N(CC(=O)O)CC(=O)O. The van der Waals surface area contributed by atoms with Gasteiger partial charge in [-0.15, -0.1) is 11.6 Å². The summed E-state index contributed by atoms with van der Waals surface area (Å²) in [6.07, 6.45) is 4.20. The molecule has 0 bridgehead atoms. The summed E-state index contributed by atoms with van der Waals surface area (Å²) < 4.78 is 33.4. The number of anilines is 3. The van der Waals surface area contributed by atoms with E-state index in [0.717, 1.165) is 35.5 Å². The van der Waals surface area contributed by atoms with E-state index in [2.05, 4.69) is 5.32 Å². The maximum absolute atomic E-state index is 12.6. The van der Waals surface area contributed by atoms with Crippen LogP contribution in [0.2, 0.25) is 0 Å². The van der Waals surface area contributed by atoms with Gasteiger partial charge in [-0.05, 0) is 43.2 Å². The number of unbranched alkanes of at least 4 members (excludes halogenated alkanes) is 3. The summed E-state index contributed by atoms with van der Waals surface area (Å²) in [6, 6.07) is 10.5. The van der Waals surface area contributed by atoms with Gasteiger partial charge < -0.3 is 64.0 Å².